The van der Waals surface area contributed by atoms with Gasteiger partial charge in [-0.1, -0.05) is 29.8 Å². The number of amides is 1. The summed E-state index contributed by atoms with van der Waals surface area (Å²) in [5.41, 5.74) is 6.76. The lowest BCUT2D eigenvalue weighted by atomic mass is 10.1. The van der Waals surface area contributed by atoms with Gasteiger partial charge < -0.3 is 15.4 Å². The third kappa shape index (κ3) is 2.88. The van der Waals surface area contributed by atoms with Gasteiger partial charge in [-0.05, 0) is 6.07 Å². The van der Waals surface area contributed by atoms with E-state index in [1.807, 2.05) is 24.3 Å². The van der Waals surface area contributed by atoms with Gasteiger partial charge in [-0.3, -0.25) is 4.79 Å². The molecular formula is C15H15ClN4O2. The number of benzene rings is 1. The third-order valence-electron chi connectivity index (χ3n) is 3.53. The van der Waals surface area contributed by atoms with Gasteiger partial charge in [0.2, 0.25) is 0 Å². The summed E-state index contributed by atoms with van der Waals surface area (Å²) in [7, 11) is 0. The van der Waals surface area contributed by atoms with Crippen LogP contribution >= 0.6 is 11.6 Å². The lowest BCUT2D eigenvalue weighted by Gasteiger charge is -2.33. The number of aromatic nitrogens is 2. The Kier molecular flexibility index (Phi) is 4.22. The second-order valence-corrected chi connectivity index (χ2v) is 5.33. The normalized spacial score (nSPS) is 18.2. The largest absolute Gasteiger partial charge is 0.382 e. The van der Waals surface area contributed by atoms with Crippen molar-refractivity contribution >= 4 is 23.3 Å². The molecule has 1 unspecified atom stereocenters. The molecule has 1 fully saturated rings. The standard InChI is InChI=1S/C15H15ClN4O2/c16-11-4-2-1-3-10(11)12-9-20(7-8-22-12)15(21)13-14(17)19-6-5-18-13/h1-6,12H,7-9H2,(H2,17,19). The smallest absolute Gasteiger partial charge is 0.276 e. The second kappa shape index (κ2) is 6.29. The number of carbonyl (C=O) groups is 1. The maximum Gasteiger partial charge on any atom is 0.276 e. The number of hydrogen-bond donors (Lipinski definition) is 1. The van der Waals surface area contributed by atoms with Gasteiger partial charge in [0.1, 0.15) is 6.10 Å². The zero-order valence-corrected chi connectivity index (χ0v) is 12.5. The average molecular weight is 319 g/mol. The summed E-state index contributed by atoms with van der Waals surface area (Å²) in [6.45, 7) is 1.32. The molecule has 1 saturated heterocycles. The number of nitrogens with zero attached hydrogens (tertiary/aromatic N) is 3. The Morgan fingerprint density at radius 1 is 1.32 bits per heavy atom. The summed E-state index contributed by atoms with van der Waals surface area (Å²) < 4.78 is 5.75. The van der Waals surface area contributed by atoms with Crippen LogP contribution in [0.15, 0.2) is 36.7 Å². The first kappa shape index (κ1) is 14.7. The molecule has 1 aliphatic rings. The molecule has 1 amide bonds. The number of carbonyl (C=O) groups excluding carboxylic acids is 1. The van der Waals surface area contributed by atoms with Crippen LogP contribution in [0.4, 0.5) is 5.82 Å². The summed E-state index contributed by atoms with van der Waals surface area (Å²) in [5, 5.41) is 0.626. The van der Waals surface area contributed by atoms with Crippen molar-refractivity contribution in [2.45, 2.75) is 6.10 Å². The Labute approximate surface area is 132 Å². The quantitative estimate of drug-likeness (QED) is 0.915. The van der Waals surface area contributed by atoms with Gasteiger partial charge in [0, 0.05) is 29.5 Å². The number of nitrogen functional groups attached to an aromatic ring is 1. The highest BCUT2D eigenvalue weighted by Gasteiger charge is 2.28. The first-order valence-electron chi connectivity index (χ1n) is 6.88. The van der Waals surface area contributed by atoms with Crippen LogP contribution in [0, 0.1) is 0 Å². The monoisotopic (exact) mass is 318 g/mol. The molecule has 22 heavy (non-hydrogen) atoms. The fraction of sp³-hybridized carbons (Fsp3) is 0.267. The Balaban J connectivity index is 1.80. The van der Waals surface area contributed by atoms with E-state index in [9.17, 15) is 4.79 Å². The summed E-state index contributed by atoms with van der Waals surface area (Å²) >= 11 is 6.20. The molecule has 0 radical (unpaired) electrons. The average Bonchev–Trinajstić information content (AvgIpc) is 2.55. The second-order valence-electron chi connectivity index (χ2n) is 4.92. The van der Waals surface area contributed by atoms with Gasteiger partial charge in [-0.25, -0.2) is 9.97 Å². The Hall–Kier alpha value is -2.18. The number of hydrogen-bond acceptors (Lipinski definition) is 5. The first-order valence-corrected chi connectivity index (χ1v) is 7.26. The van der Waals surface area contributed by atoms with E-state index in [0.717, 1.165) is 5.56 Å². The van der Waals surface area contributed by atoms with Gasteiger partial charge in [0.05, 0.1) is 13.2 Å². The molecule has 1 atom stereocenters. The van der Waals surface area contributed by atoms with Crippen molar-refractivity contribution in [1.82, 2.24) is 14.9 Å². The van der Waals surface area contributed by atoms with Crippen LogP contribution in [0.5, 0.6) is 0 Å². The van der Waals surface area contributed by atoms with Crippen LogP contribution in [0.1, 0.15) is 22.2 Å². The van der Waals surface area contributed by atoms with Crippen molar-refractivity contribution in [2.24, 2.45) is 0 Å². The van der Waals surface area contributed by atoms with Crippen LogP contribution in [0.2, 0.25) is 5.02 Å². The van der Waals surface area contributed by atoms with Crippen molar-refractivity contribution < 1.29 is 9.53 Å². The van der Waals surface area contributed by atoms with E-state index >= 15 is 0 Å². The zero-order valence-electron chi connectivity index (χ0n) is 11.8. The molecule has 1 aromatic heterocycles. The highest BCUT2D eigenvalue weighted by molar-refractivity contribution is 6.31. The number of ether oxygens (including phenoxy) is 1. The fourth-order valence-corrected chi connectivity index (χ4v) is 2.68. The molecule has 7 heteroatoms. The first-order chi connectivity index (χ1) is 10.7. The minimum absolute atomic E-state index is 0.133. The topological polar surface area (TPSA) is 81.3 Å². The van der Waals surface area contributed by atoms with Crippen molar-refractivity contribution in [3.8, 4) is 0 Å². The van der Waals surface area contributed by atoms with E-state index in [0.29, 0.717) is 24.7 Å². The van der Waals surface area contributed by atoms with E-state index in [1.165, 1.54) is 12.4 Å². The maximum atomic E-state index is 12.5. The van der Waals surface area contributed by atoms with E-state index in [1.54, 1.807) is 4.90 Å². The summed E-state index contributed by atoms with van der Waals surface area (Å²) in [6, 6.07) is 7.46. The van der Waals surface area contributed by atoms with Gasteiger partial charge in [-0.2, -0.15) is 0 Å². The highest BCUT2D eigenvalue weighted by Crippen LogP contribution is 2.28. The van der Waals surface area contributed by atoms with Gasteiger partial charge in [-0.15, -0.1) is 0 Å². The maximum absolute atomic E-state index is 12.5. The van der Waals surface area contributed by atoms with E-state index in [-0.39, 0.29) is 23.5 Å². The molecule has 0 saturated carbocycles. The van der Waals surface area contributed by atoms with Crippen molar-refractivity contribution in [2.75, 3.05) is 25.4 Å². The van der Waals surface area contributed by atoms with Crippen molar-refractivity contribution in [3.05, 3.63) is 52.9 Å². The summed E-state index contributed by atoms with van der Waals surface area (Å²) in [6.07, 6.45) is 2.65. The van der Waals surface area contributed by atoms with Crippen LogP contribution in [-0.2, 0) is 4.74 Å². The number of rotatable bonds is 2. The van der Waals surface area contributed by atoms with Crippen LogP contribution in [0.25, 0.3) is 0 Å². The summed E-state index contributed by atoms with van der Waals surface area (Å²) in [4.78, 5) is 22.1. The van der Waals surface area contributed by atoms with Gasteiger partial charge in [0.25, 0.3) is 5.91 Å². The molecule has 114 valence electrons. The predicted octanol–water partition coefficient (Wildman–Crippen LogP) is 1.93. The molecule has 3 rings (SSSR count). The Morgan fingerprint density at radius 3 is 2.86 bits per heavy atom. The molecular weight excluding hydrogens is 304 g/mol. The molecule has 0 aliphatic carbocycles. The van der Waals surface area contributed by atoms with E-state index in [4.69, 9.17) is 22.1 Å². The number of halogens is 1. The van der Waals surface area contributed by atoms with Crippen LogP contribution in [-0.4, -0.2) is 40.5 Å². The molecule has 2 N–H and O–H groups in total. The van der Waals surface area contributed by atoms with Crippen molar-refractivity contribution in [1.29, 1.82) is 0 Å². The lowest BCUT2D eigenvalue weighted by Crippen LogP contribution is -2.42. The molecule has 6 nitrogen and oxygen atoms in total. The molecule has 0 spiro atoms. The van der Waals surface area contributed by atoms with Crippen LogP contribution in [0.3, 0.4) is 0 Å². The van der Waals surface area contributed by atoms with Gasteiger partial charge >= 0.3 is 0 Å². The Morgan fingerprint density at radius 2 is 2.09 bits per heavy atom. The third-order valence-corrected chi connectivity index (χ3v) is 3.88. The highest BCUT2D eigenvalue weighted by atomic mass is 35.5. The molecule has 1 aliphatic heterocycles. The van der Waals surface area contributed by atoms with Crippen LogP contribution < -0.4 is 5.73 Å². The zero-order chi connectivity index (χ0) is 15.5. The predicted molar refractivity (Wildman–Crippen MR) is 82.5 cm³/mol. The fourth-order valence-electron chi connectivity index (χ4n) is 2.42. The number of nitrogens with two attached hydrogens (primary N) is 1. The number of morpholine rings is 1. The molecule has 1 aromatic carbocycles. The van der Waals surface area contributed by atoms with Gasteiger partial charge in [0.15, 0.2) is 11.5 Å². The van der Waals surface area contributed by atoms with E-state index in [2.05, 4.69) is 9.97 Å². The SMILES string of the molecule is Nc1nccnc1C(=O)N1CCOC(c2ccccc2Cl)C1. The Bertz CT molecular complexity index is 695. The lowest BCUT2D eigenvalue weighted by molar-refractivity contribution is -0.0229. The summed E-state index contributed by atoms with van der Waals surface area (Å²) in [5.74, 6) is -0.112. The minimum atomic E-state index is -0.260. The minimum Gasteiger partial charge on any atom is -0.382 e. The molecule has 2 heterocycles. The van der Waals surface area contributed by atoms with E-state index < -0.39 is 0 Å². The number of anilines is 1. The molecule has 0 bridgehead atoms. The van der Waals surface area contributed by atoms with Crippen molar-refractivity contribution in [3.63, 3.8) is 0 Å². The molecule has 2 aromatic rings.